The minimum Gasteiger partial charge on any atom is -0.258 e. The Kier molecular flexibility index (Phi) is 4.24. The highest BCUT2D eigenvalue weighted by Gasteiger charge is 2.46. The van der Waals surface area contributed by atoms with Crippen molar-refractivity contribution in [3.63, 3.8) is 0 Å². The fraction of sp³-hybridized carbons (Fsp3) is 0.273. The number of rotatable bonds is 3. The van der Waals surface area contributed by atoms with E-state index in [1.54, 1.807) is 0 Å². The van der Waals surface area contributed by atoms with Gasteiger partial charge in [0.05, 0.1) is 0 Å². The summed E-state index contributed by atoms with van der Waals surface area (Å²) >= 11 is 0. The zero-order valence-electron chi connectivity index (χ0n) is 11.6. The lowest BCUT2D eigenvalue weighted by molar-refractivity contribution is -0.141. The average Bonchev–Trinajstić information content (AvgIpc) is 2.86. The topological polar surface area (TPSA) is 76.9 Å². The first-order chi connectivity index (χ1) is 10.8. The fourth-order valence-corrected chi connectivity index (χ4v) is 2.12. The zero-order chi connectivity index (χ0) is 18.3. The molecule has 0 spiro atoms. The molecule has 0 aromatic carbocycles. The van der Waals surface area contributed by atoms with Gasteiger partial charge in [0.15, 0.2) is 11.5 Å². The molecule has 6 nitrogen and oxygen atoms in total. The third kappa shape index (κ3) is 3.60. The third-order valence-corrected chi connectivity index (χ3v) is 3.75. The van der Waals surface area contributed by atoms with Crippen LogP contribution in [0.3, 0.4) is 0 Å². The van der Waals surface area contributed by atoms with E-state index < -0.39 is 38.9 Å². The van der Waals surface area contributed by atoms with Gasteiger partial charge in [-0.3, -0.25) is 4.72 Å². The van der Waals surface area contributed by atoms with Gasteiger partial charge in [-0.25, -0.2) is 9.67 Å². The van der Waals surface area contributed by atoms with E-state index >= 15 is 0 Å². The Labute approximate surface area is 131 Å². The number of anilines is 1. The summed E-state index contributed by atoms with van der Waals surface area (Å²) in [5.74, 6) is -0.802. The van der Waals surface area contributed by atoms with Gasteiger partial charge in [-0.1, -0.05) is 0 Å². The van der Waals surface area contributed by atoms with Gasteiger partial charge in [0.25, 0.3) is 0 Å². The van der Waals surface area contributed by atoms with Crippen LogP contribution in [0.15, 0.2) is 24.4 Å². The van der Waals surface area contributed by atoms with Crippen LogP contribution in [0.25, 0.3) is 5.69 Å². The second kappa shape index (κ2) is 5.65. The van der Waals surface area contributed by atoms with Gasteiger partial charge in [0.1, 0.15) is 5.69 Å². The molecule has 2 heterocycles. The molecule has 0 aliphatic heterocycles. The van der Waals surface area contributed by atoms with Crippen LogP contribution in [0.4, 0.5) is 32.2 Å². The number of hydrogen-bond donors (Lipinski definition) is 1. The lowest BCUT2D eigenvalue weighted by atomic mass is 10.3. The van der Waals surface area contributed by atoms with Gasteiger partial charge in [0, 0.05) is 11.9 Å². The number of aromatic nitrogens is 3. The quantitative estimate of drug-likeness (QED) is 0.839. The summed E-state index contributed by atoms with van der Waals surface area (Å²) in [6, 6.07) is 2.95. The standard InChI is InChI=1S/C11H8F6N4O2S/c1-6-2-3-7(21-5-4-8(19-21)10(12,13)14)9(18-6)20-24(22,23)11(15,16)17/h2-5H,1H3,(H,18,20). The van der Waals surface area contributed by atoms with E-state index in [2.05, 4.69) is 10.1 Å². The second-order valence-electron chi connectivity index (χ2n) is 4.51. The average molecular weight is 374 g/mol. The molecule has 0 bridgehead atoms. The van der Waals surface area contributed by atoms with Gasteiger partial charge in [-0.15, -0.1) is 0 Å². The van der Waals surface area contributed by atoms with Gasteiger partial charge in [0.2, 0.25) is 0 Å². The maximum absolute atomic E-state index is 12.6. The van der Waals surface area contributed by atoms with E-state index in [4.69, 9.17) is 0 Å². The zero-order valence-corrected chi connectivity index (χ0v) is 12.5. The first-order valence-electron chi connectivity index (χ1n) is 6.01. The molecular formula is C11H8F6N4O2S. The smallest absolute Gasteiger partial charge is 0.258 e. The monoisotopic (exact) mass is 374 g/mol. The molecule has 0 amide bonds. The molecule has 0 saturated heterocycles. The lowest BCUT2D eigenvalue weighted by Crippen LogP contribution is -2.30. The molecule has 132 valence electrons. The molecule has 0 aliphatic rings. The molecule has 0 aliphatic carbocycles. The van der Waals surface area contributed by atoms with E-state index in [1.165, 1.54) is 17.7 Å². The van der Waals surface area contributed by atoms with E-state index in [-0.39, 0.29) is 5.69 Å². The predicted octanol–water partition coefficient (Wildman–Crippen LogP) is 2.86. The van der Waals surface area contributed by atoms with Crippen molar-refractivity contribution in [1.82, 2.24) is 14.8 Å². The van der Waals surface area contributed by atoms with Gasteiger partial charge in [-0.05, 0) is 25.1 Å². The molecule has 1 N–H and O–H groups in total. The highest BCUT2D eigenvalue weighted by atomic mass is 32.2. The van der Waals surface area contributed by atoms with Crippen molar-refractivity contribution in [2.75, 3.05) is 4.72 Å². The highest BCUT2D eigenvalue weighted by molar-refractivity contribution is 7.93. The Morgan fingerprint density at radius 2 is 1.71 bits per heavy atom. The van der Waals surface area contributed by atoms with E-state index in [1.807, 2.05) is 0 Å². The Morgan fingerprint density at radius 3 is 2.21 bits per heavy atom. The van der Waals surface area contributed by atoms with Crippen molar-refractivity contribution in [3.8, 4) is 5.69 Å². The van der Waals surface area contributed by atoms with Crippen LogP contribution in [0.5, 0.6) is 0 Å². The normalized spacial score (nSPS) is 13.1. The van der Waals surface area contributed by atoms with Crippen molar-refractivity contribution in [3.05, 3.63) is 35.8 Å². The molecular weight excluding hydrogens is 366 g/mol. The molecule has 2 aromatic heterocycles. The van der Waals surface area contributed by atoms with Crippen molar-refractivity contribution in [2.24, 2.45) is 0 Å². The number of aryl methyl sites for hydroxylation is 1. The van der Waals surface area contributed by atoms with Crippen molar-refractivity contribution < 1.29 is 34.8 Å². The van der Waals surface area contributed by atoms with E-state index in [0.29, 0.717) is 10.7 Å². The number of pyridine rings is 1. The second-order valence-corrected chi connectivity index (χ2v) is 6.19. The molecule has 0 unspecified atom stereocenters. The summed E-state index contributed by atoms with van der Waals surface area (Å²) in [7, 11) is -5.80. The summed E-state index contributed by atoms with van der Waals surface area (Å²) in [4.78, 5) is 3.59. The van der Waals surface area contributed by atoms with E-state index in [0.717, 1.165) is 12.3 Å². The largest absolute Gasteiger partial charge is 0.516 e. The van der Waals surface area contributed by atoms with Crippen LogP contribution >= 0.6 is 0 Å². The first kappa shape index (κ1) is 18.0. The van der Waals surface area contributed by atoms with Crippen molar-refractivity contribution in [1.29, 1.82) is 0 Å². The molecule has 0 radical (unpaired) electrons. The molecule has 13 heteroatoms. The van der Waals surface area contributed by atoms with Crippen LogP contribution in [-0.4, -0.2) is 28.7 Å². The summed E-state index contributed by atoms with van der Waals surface area (Å²) in [5, 5.41) is 3.17. The minimum absolute atomic E-state index is 0.141. The fourth-order valence-electron chi connectivity index (χ4n) is 1.60. The Balaban J connectivity index is 2.52. The number of nitrogens with one attached hydrogen (secondary N) is 1. The Bertz CT molecular complexity index is 856. The van der Waals surface area contributed by atoms with Crippen LogP contribution in [0.1, 0.15) is 11.4 Å². The SMILES string of the molecule is Cc1ccc(-n2ccc(C(F)(F)F)n2)c(NS(=O)(=O)C(F)(F)F)n1. The Hall–Kier alpha value is -2.31. The van der Waals surface area contributed by atoms with Crippen molar-refractivity contribution >= 4 is 15.8 Å². The summed E-state index contributed by atoms with van der Waals surface area (Å²) in [6.07, 6.45) is -3.95. The molecule has 24 heavy (non-hydrogen) atoms. The lowest BCUT2D eigenvalue weighted by Gasteiger charge is -2.14. The van der Waals surface area contributed by atoms with Gasteiger partial charge in [-0.2, -0.15) is 39.9 Å². The van der Waals surface area contributed by atoms with Crippen LogP contribution in [0.2, 0.25) is 0 Å². The summed E-state index contributed by atoms with van der Waals surface area (Å²) < 4.78 is 99.2. The molecule has 0 atom stereocenters. The molecule has 2 rings (SSSR count). The van der Waals surface area contributed by atoms with Crippen LogP contribution in [-0.2, 0) is 16.2 Å². The van der Waals surface area contributed by atoms with Gasteiger partial charge >= 0.3 is 21.7 Å². The molecule has 2 aromatic rings. The first-order valence-corrected chi connectivity index (χ1v) is 7.49. The number of hydrogen-bond acceptors (Lipinski definition) is 4. The number of alkyl halides is 6. The highest BCUT2D eigenvalue weighted by Crippen LogP contribution is 2.30. The third-order valence-electron chi connectivity index (χ3n) is 2.68. The van der Waals surface area contributed by atoms with Gasteiger partial charge < -0.3 is 0 Å². The van der Waals surface area contributed by atoms with E-state index in [9.17, 15) is 34.8 Å². The summed E-state index contributed by atoms with van der Waals surface area (Å²) in [6.45, 7) is 1.36. The van der Waals surface area contributed by atoms with Crippen LogP contribution in [0, 0.1) is 6.92 Å². The minimum atomic E-state index is -5.80. The number of sulfonamides is 1. The predicted molar refractivity (Wildman–Crippen MR) is 69.7 cm³/mol. The van der Waals surface area contributed by atoms with Crippen molar-refractivity contribution in [2.45, 2.75) is 18.6 Å². The Morgan fingerprint density at radius 1 is 1.08 bits per heavy atom. The molecule has 0 saturated carbocycles. The number of halogens is 6. The van der Waals surface area contributed by atoms with Crippen LogP contribution < -0.4 is 4.72 Å². The summed E-state index contributed by atoms with van der Waals surface area (Å²) in [5.41, 5.74) is -7.17. The maximum Gasteiger partial charge on any atom is 0.516 e. The number of nitrogens with zero attached hydrogens (tertiary/aromatic N) is 3. The molecule has 0 fully saturated rings. The maximum atomic E-state index is 12.6.